The topological polar surface area (TPSA) is 51.4 Å². The SMILES string of the molecule is CC(N)C1CN(c2ncccc2C(F)(F)F)CCO1. The molecule has 7 heteroatoms. The second-order valence-electron chi connectivity index (χ2n) is 4.59. The lowest BCUT2D eigenvalue weighted by Crippen LogP contribution is -2.50. The van der Waals surface area contributed by atoms with Crippen LogP contribution < -0.4 is 10.6 Å². The van der Waals surface area contributed by atoms with Crippen molar-refractivity contribution in [3.8, 4) is 0 Å². The van der Waals surface area contributed by atoms with E-state index in [-0.39, 0.29) is 18.0 Å². The van der Waals surface area contributed by atoms with Crippen LogP contribution in [0.2, 0.25) is 0 Å². The number of hydrogen-bond acceptors (Lipinski definition) is 4. The van der Waals surface area contributed by atoms with Gasteiger partial charge >= 0.3 is 6.18 Å². The first-order chi connectivity index (χ1) is 8.89. The Bertz CT molecular complexity index is 436. The molecule has 2 unspecified atom stereocenters. The summed E-state index contributed by atoms with van der Waals surface area (Å²) in [5, 5.41) is 0. The van der Waals surface area contributed by atoms with Gasteiger partial charge in [-0.1, -0.05) is 0 Å². The number of anilines is 1. The van der Waals surface area contributed by atoms with Gasteiger partial charge in [-0.05, 0) is 19.1 Å². The molecule has 1 fully saturated rings. The lowest BCUT2D eigenvalue weighted by Gasteiger charge is -2.36. The molecule has 0 aliphatic carbocycles. The molecule has 0 bridgehead atoms. The van der Waals surface area contributed by atoms with E-state index in [9.17, 15) is 13.2 Å². The third kappa shape index (κ3) is 3.16. The first kappa shape index (κ1) is 14.1. The van der Waals surface area contributed by atoms with Crippen LogP contribution in [0, 0.1) is 0 Å². The zero-order valence-corrected chi connectivity index (χ0v) is 10.5. The highest BCUT2D eigenvalue weighted by Crippen LogP contribution is 2.35. The number of nitrogens with zero attached hydrogens (tertiary/aromatic N) is 2. The maximum atomic E-state index is 12.9. The molecule has 2 N–H and O–H groups in total. The lowest BCUT2D eigenvalue weighted by atomic mass is 10.1. The van der Waals surface area contributed by atoms with Crippen molar-refractivity contribution < 1.29 is 17.9 Å². The van der Waals surface area contributed by atoms with Gasteiger partial charge in [-0.3, -0.25) is 0 Å². The number of aromatic nitrogens is 1. The Labute approximate surface area is 109 Å². The Morgan fingerprint density at radius 2 is 2.26 bits per heavy atom. The average Bonchev–Trinajstić information content (AvgIpc) is 2.38. The molecule has 1 aromatic heterocycles. The minimum atomic E-state index is -4.41. The molecule has 0 aromatic carbocycles. The largest absolute Gasteiger partial charge is 0.419 e. The van der Waals surface area contributed by atoms with Crippen molar-refractivity contribution in [2.24, 2.45) is 5.73 Å². The van der Waals surface area contributed by atoms with Crippen LogP contribution >= 0.6 is 0 Å². The summed E-state index contributed by atoms with van der Waals surface area (Å²) in [4.78, 5) is 5.46. The summed E-state index contributed by atoms with van der Waals surface area (Å²) in [6.07, 6.45) is -3.33. The van der Waals surface area contributed by atoms with Gasteiger partial charge in [0.15, 0.2) is 0 Å². The van der Waals surface area contributed by atoms with Gasteiger partial charge in [-0.25, -0.2) is 4.98 Å². The van der Waals surface area contributed by atoms with Gasteiger partial charge in [0.2, 0.25) is 0 Å². The summed E-state index contributed by atoms with van der Waals surface area (Å²) in [6.45, 7) is 2.82. The van der Waals surface area contributed by atoms with E-state index in [1.165, 1.54) is 12.3 Å². The first-order valence-electron chi connectivity index (χ1n) is 6.04. The van der Waals surface area contributed by atoms with E-state index in [0.717, 1.165) is 6.07 Å². The predicted octanol–water partition coefficient (Wildman–Crippen LogP) is 1.65. The second kappa shape index (κ2) is 5.34. The highest BCUT2D eigenvalue weighted by Gasteiger charge is 2.37. The molecule has 1 aliphatic heterocycles. The van der Waals surface area contributed by atoms with Crippen LogP contribution in [0.5, 0.6) is 0 Å². The monoisotopic (exact) mass is 275 g/mol. The van der Waals surface area contributed by atoms with Crippen LogP contribution in [-0.4, -0.2) is 36.8 Å². The zero-order chi connectivity index (χ0) is 14.0. The third-order valence-corrected chi connectivity index (χ3v) is 3.07. The van der Waals surface area contributed by atoms with Crippen LogP contribution in [-0.2, 0) is 10.9 Å². The van der Waals surface area contributed by atoms with Crippen LogP contribution in [0.1, 0.15) is 12.5 Å². The molecular formula is C12H16F3N3O. The molecule has 1 aromatic rings. The Kier molecular flexibility index (Phi) is 3.96. The van der Waals surface area contributed by atoms with Crippen molar-refractivity contribution in [3.63, 3.8) is 0 Å². The molecule has 2 atom stereocenters. The van der Waals surface area contributed by atoms with Crippen molar-refractivity contribution in [3.05, 3.63) is 23.9 Å². The Balaban J connectivity index is 2.27. The number of rotatable bonds is 2. The quantitative estimate of drug-likeness (QED) is 0.891. The molecule has 1 saturated heterocycles. The number of morpholine rings is 1. The number of ether oxygens (including phenoxy) is 1. The normalized spacial score (nSPS) is 22.4. The molecule has 0 radical (unpaired) electrons. The fourth-order valence-electron chi connectivity index (χ4n) is 2.06. The van der Waals surface area contributed by atoms with Crippen LogP contribution in [0.3, 0.4) is 0 Å². The van der Waals surface area contributed by atoms with Gasteiger partial charge in [0.05, 0.1) is 18.3 Å². The lowest BCUT2D eigenvalue weighted by molar-refractivity contribution is -0.137. The van der Waals surface area contributed by atoms with Gasteiger partial charge < -0.3 is 15.4 Å². The highest BCUT2D eigenvalue weighted by atomic mass is 19.4. The Morgan fingerprint density at radius 1 is 1.53 bits per heavy atom. The summed E-state index contributed by atoms with van der Waals surface area (Å²) < 4.78 is 44.3. The average molecular weight is 275 g/mol. The third-order valence-electron chi connectivity index (χ3n) is 3.07. The maximum Gasteiger partial charge on any atom is 0.419 e. The van der Waals surface area contributed by atoms with Crippen molar-refractivity contribution in [2.75, 3.05) is 24.6 Å². The molecule has 2 rings (SSSR count). The number of hydrogen-bond donors (Lipinski definition) is 1. The molecule has 2 heterocycles. The number of nitrogens with two attached hydrogens (primary N) is 1. The van der Waals surface area contributed by atoms with Gasteiger partial charge in [-0.15, -0.1) is 0 Å². The van der Waals surface area contributed by atoms with Crippen molar-refractivity contribution in [2.45, 2.75) is 25.2 Å². The molecular weight excluding hydrogens is 259 g/mol. The van der Waals surface area contributed by atoms with Gasteiger partial charge in [0.1, 0.15) is 5.82 Å². The van der Waals surface area contributed by atoms with Crippen molar-refractivity contribution in [1.82, 2.24) is 4.98 Å². The molecule has 0 saturated carbocycles. The van der Waals surface area contributed by atoms with E-state index in [2.05, 4.69) is 4.98 Å². The molecule has 0 amide bonds. The molecule has 0 spiro atoms. The summed E-state index contributed by atoms with van der Waals surface area (Å²) in [7, 11) is 0. The summed E-state index contributed by atoms with van der Waals surface area (Å²) >= 11 is 0. The van der Waals surface area contributed by atoms with Gasteiger partial charge in [-0.2, -0.15) is 13.2 Å². The minimum Gasteiger partial charge on any atom is -0.373 e. The van der Waals surface area contributed by atoms with E-state index >= 15 is 0 Å². The second-order valence-corrected chi connectivity index (χ2v) is 4.59. The highest BCUT2D eigenvalue weighted by molar-refractivity contribution is 5.48. The van der Waals surface area contributed by atoms with E-state index in [0.29, 0.717) is 19.7 Å². The molecule has 19 heavy (non-hydrogen) atoms. The first-order valence-corrected chi connectivity index (χ1v) is 6.04. The predicted molar refractivity (Wildman–Crippen MR) is 64.8 cm³/mol. The summed E-state index contributed by atoms with van der Waals surface area (Å²) in [5.41, 5.74) is 5.02. The van der Waals surface area contributed by atoms with E-state index in [1.807, 2.05) is 0 Å². The van der Waals surface area contributed by atoms with Gasteiger partial charge in [0.25, 0.3) is 0 Å². The smallest absolute Gasteiger partial charge is 0.373 e. The zero-order valence-electron chi connectivity index (χ0n) is 10.5. The molecule has 1 aliphatic rings. The maximum absolute atomic E-state index is 12.9. The van der Waals surface area contributed by atoms with Crippen LogP contribution in [0.15, 0.2) is 18.3 Å². The van der Waals surface area contributed by atoms with E-state index in [4.69, 9.17) is 10.5 Å². The van der Waals surface area contributed by atoms with Gasteiger partial charge in [0, 0.05) is 25.3 Å². The molecule has 106 valence electrons. The van der Waals surface area contributed by atoms with Crippen LogP contribution in [0.25, 0.3) is 0 Å². The minimum absolute atomic E-state index is 0.0519. The fraction of sp³-hybridized carbons (Fsp3) is 0.583. The number of halogens is 3. The molecule has 4 nitrogen and oxygen atoms in total. The summed E-state index contributed by atoms with van der Waals surface area (Å²) in [5.74, 6) is -0.0519. The number of pyridine rings is 1. The van der Waals surface area contributed by atoms with Crippen molar-refractivity contribution >= 4 is 5.82 Å². The Hall–Kier alpha value is -1.34. The van der Waals surface area contributed by atoms with Crippen LogP contribution in [0.4, 0.5) is 19.0 Å². The van der Waals surface area contributed by atoms with Crippen molar-refractivity contribution in [1.29, 1.82) is 0 Å². The van der Waals surface area contributed by atoms with E-state index < -0.39 is 11.7 Å². The summed E-state index contributed by atoms with van der Waals surface area (Å²) in [6, 6.07) is 2.09. The Morgan fingerprint density at radius 3 is 2.89 bits per heavy atom. The van der Waals surface area contributed by atoms with E-state index in [1.54, 1.807) is 11.8 Å². The fourth-order valence-corrected chi connectivity index (χ4v) is 2.06. The number of alkyl halides is 3. The standard InChI is InChI=1S/C12H16F3N3O/c1-8(16)10-7-18(5-6-19-10)11-9(12(13,14)15)3-2-4-17-11/h2-4,8,10H,5-7,16H2,1H3.